The molecule has 0 radical (unpaired) electrons. The average Bonchev–Trinajstić information content (AvgIpc) is 2.95. The van der Waals surface area contributed by atoms with Gasteiger partial charge in [-0.3, -0.25) is 4.79 Å². The molecule has 122 valence electrons. The third kappa shape index (κ3) is 3.69. The largest absolute Gasteiger partial charge is 0.466 e. The van der Waals surface area contributed by atoms with E-state index in [1.807, 2.05) is 0 Å². The maximum absolute atomic E-state index is 12.6. The second kappa shape index (κ2) is 6.54. The molecule has 1 aromatic rings. The average molecular weight is 316 g/mol. The molecule has 1 heterocycles. The lowest BCUT2D eigenvalue weighted by Gasteiger charge is -2.27. The Morgan fingerprint density at radius 2 is 2.05 bits per heavy atom. The summed E-state index contributed by atoms with van der Waals surface area (Å²) in [6.45, 7) is 2.27. The molecule has 1 aromatic heterocycles. The lowest BCUT2D eigenvalue weighted by Crippen LogP contribution is -2.37. The normalized spacial score (nSPS) is 17.3. The number of alkyl halides is 3. The highest BCUT2D eigenvalue weighted by atomic mass is 19.4. The monoisotopic (exact) mass is 316 g/mol. The minimum Gasteiger partial charge on any atom is -0.466 e. The molecule has 22 heavy (non-hydrogen) atoms. The van der Waals surface area contributed by atoms with E-state index in [1.165, 1.54) is 12.1 Å². The molecule has 2 rings (SSSR count). The summed E-state index contributed by atoms with van der Waals surface area (Å²) >= 11 is 0. The number of hydrogen-bond acceptors (Lipinski definition) is 4. The van der Waals surface area contributed by atoms with Crippen LogP contribution in [0.1, 0.15) is 38.3 Å². The highest BCUT2D eigenvalue weighted by molar-refractivity contribution is 5.78. The summed E-state index contributed by atoms with van der Waals surface area (Å²) in [4.78, 5) is 15.7. The van der Waals surface area contributed by atoms with Gasteiger partial charge in [0.05, 0.1) is 12.0 Å². The molecule has 1 aliphatic rings. The number of nitrogens with one attached hydrogen (secondary N) is 1. The molecule has 0 amide bonds. The van der Waals surface area contributed by atoms with Crippen LogP contribution in [0.4, 0.5) is 19.0 Å². The van der Waals surface area contributed by atoms with Crippen LogP contribution in [0.15, 0.2) is 18.2 Å². The Balaban J connectivity index is 2.09. The highest BCUT2D eigenvalue weighted by Crippen LogP contribution is 2.39. The Morgan fingerprint density at radius 1 is 1.36 bits per heavy atom. The molecule has 1 saturated carbocycles. The van der Waals surface area contributed by atoms with Crippen molar-refractivity contribution in [3.8, 4) is 0 Å². The third-order valence-corrected chi connectivity index (χ3v) is 3.92. The molecule has 1 fully saturated rings. The second-order valence-corrected chi connectivity index (χ2v) is 5.47. The van der Waals surface area contributed by atoms with Gasteiger partial charge in [0.25, 0.3) is 0 Å². The number of nitrogens with zero attached hydrogens (tertiary/aromatic N) is 1. The van der Waals surface area contributed by atoms with E-state index >= 15 is 0 Å². The van der Waals surface area contributed by atoms with Crippen molar-refractivity contribution in [1.29, 1.82) is 0 Å². The van der Waals surface area contributed by atoms with Crippen LogP contribution in [0.2, 0.25) is 0 Å². The van der Waals surface area contributed by atoms with Crippen molar-refractivity contribution in [3.63, 3.8) is 0 Å². The van der Waals surface area contributed by atoms with Gasteiger partial charge >= 0.3 is 12.1 Å². The topological polar surface area (TPSA) is 51.2 Å². The van der Waals surface area contributed by atoms with E-state index in [9.17, 15) is 18.0 Å². The number of aromatic nitrogens is 1. The van der Waals surface area contributed by atoms with E-state index in [2.05, 4.69) is 10.3 Å². The van der Waals surface area contributed by atoms with Gasteiger partial charge in [-0.25, -0.2) is 4.98 Å². The number of carbonyl (C=O) groups is 1. The molecule has 7 heteroatoms. The first-order chi connectivity index (χ1) is 10.4. The van der Waals surface area contributed by atoms with Crippen molar-refractivity contribution in [3.05, 3.63) is 23.9 Å². The molecule has 0 bridgehead atoms. The minimum atomic E-state index is -4.48. The Hall–Kier alpha value is -1.79. The first kappa shape index (κ1) is 16.6. The lowest BCUT2D eigenvalue weighted by atomic mass is 9.86. The van der Waals surface area contributed by atoms with E-state index in [0.29, 0.717) is 19.4 Å². The fraction of sp³-hybridized carbons (Fsp3) is 0.600. The van der Waals surface area contributed by atoms with Crippen LogP contribution in [0.3, 0.4) is 0 Å². The summed E-state index contributed by atoms with van der Waals surface area (Å²) in [7, 11) is 0. The van der Waals surface area contributed by atoms with Crippen molar-refractivity contribution in [2.75, 3.05) is 18.5 Å². The number of ether oxygens (including phenoxy) is 1. The number of esters is 1. The van der Waals surface area contributed by atoms with Gasteiger partial charge in [0.1, 0.15) is 11.5 Å². The van der Waals surface area contributed by atoms with Gasteiger partial charge in [-0.2, -0.15) is 13.2 Å². The number of halogens is 3. The van der Waals surface area contributed by atoms with E-state index in [4.69, 9.17) is 4.74 Å². The maximum Gasteiger partial charge on any atom is 0.433 e. The minimum absolute atomic E-state index is 0.116. The number of rotatable bonds is 5. The van der Waals surface area contributed by atoms with E-state index in [-0.39, 0.29) is 18.3 Å². The van der Waals surface area contributed by atoms with Gasteiger partial charge < -0.3 is 10.1 Å². The quantitative estimate of drug-likeness (QED) is 0.843. The Bertz CT molecular complexity index is 526. The van der Waals surface area contributed by atoms with E-state index in [1.54, 1.807) is 6.92 Å². The predicted molar refractivity (Wildman–Crippen MR) is 75.3 cm³/mol. The van der Waals surface area contributed by atoms with Crippen molar-refractivity contribution < 1.29 is 22.7 Å². The van der Waals surface area contributed by atoms with Crippen LogP contribution in [0.25, 0.3) is 0 Å². The molecule has 0 aromatic carbocycles. The van der Waals surface area contributed by atoms with Crippen molar-refractivity contribution in [1.82, 2.24) is 4.98 Å². The standard InChI is InChI=1S/C15H19F3N2O2/c1-2-22-13(21)14(8-3-4-9-14)10-19-12-7-5-6-11(20-12)15(16,17)18/h5-7H,2-4,8-10H2,1H3,(H,19,20). The first-order valence-electron chi connectivity index (χ1n) is 7.33. The summed E-state index contributed by atoms with van der Waals surface area (Å²) in [5, 5.41) is 2.87. The van der Waals surface area contributed by atoms with Crippen molar-refractivity contribution in [2.24, 2.45) is 5.41 Å². The fourth-order valence-corrected chi connectivity index (χ4v) is 2.74. The first-order valence-corrected chi connectivity index (χ1v) is 7.33. The van der Waals surface area contributed by atoms with Gasteiger partial charge in [0.2, 0.25) is 0 Å². The Morgan fingerprint density at radius 3 is 2.64 bits per heavy atom. The highest BCUT2D eigenvalue weighted by Gasteiger charge is 2.42. The van der Waals surface area contributed by atoms with Crippen LogP contribution in [0.5, 0.6) is 0 Å². The van der Waals surface area contributed by atoms with Crippen LogP contribution in [-0.2, 0) is 15.7 Å². The lowest BCUT2D eigenvalue weighted by molar-refractivity contribution is -0.154. The molecule has 0 atom stereocenters. The summed E-state index contributed by atoms with van der Waals surface area (Å²) in [6, 6.07) is 3.68. The van der Waals surface area contributed by atoms with Gasteiger partial charge in [-0.05, 0) is 31.9 Å². The van der Waals surface area contributed by atoms with Gasteiger partial charge in [0.15, 0.2) is 0 Å². The fourth-order valence-electron chi connectivity index (χ4n) is 2.74. The summed E-state index contributed by atoms with van der Waals surface area (Å²) in [5.74, 6) is -0.169. The van der Waals surface area contributed by atoms with Gasteiger partial charge in [-0.15, -0.1) is 0 Å². The Kier molecular flexibility index (Phi) is 4.93. The Labute approximate surface area is 127 Å². The van der Waals surface area contributed by atoms with Crippen molar-refractivity contribution in [2.45, 2.75) is 38.8 Å². The number of anilines is 1. The molecular formula is C15H19F3N2O2. The third-order valence-electron chi connectivity index (χ3n) is 3.92. The maximum atomic E-state index is 12.6. The second-order valence-electron chi connectivity index (χ2n) is 5.47. The molecule has 1 aliphatic carbocycles. The van der Waals surface area contributed by atoms with E-state index in [0.717, 1.165) is 18.9 Å². The number of hydrogen-bond donors (Lipinski definition) is 1. The van der Waals surface area contributed by atoms with Crippen LogP contribution in [0, 0.1) is 5.41 Å². The van der Waals surface area contributed by atoms with Crippen LogP contribution in [-0.4, -0.2) is 24.1 Å². The zero-order chi connectivity index (χ0) is 16.2. The van der Waals surface area contributed by atoms with E-state index < -0.39 is 17.3 Å². The van der Waals surface area contributed by atoms with Gasteiger partial charge in [-0.1, -0.05) is 18.9 Å². The molecule has 0 spiro atoms. The molecule has 0 aliphatic heterocycles. The summed E-state index contributed by atoms with van der Waals surface area (Å²) < 4.78 is 43.1. The van der Waals surface area contributed by atoms with Crippen LogP contribution >= 0.6 is 0 Å². The summed E-state index contributed by atoms with van der Waals surface area (Å²) in [6.07, 6.45) is -1.30. The molecule has 0 saturated heterocycles. The van der Waals surface area contributed by atoms with Crippen LogP contribution < -0.4 is 5.32 Å². The smallest absolute Gasteiger partial charge is 0.433 e. The SMILES string of the molecule is CCOC(=O)C1(CNc2cccc(C(F)(F)F)n2)CCCC1. The zero-order valence-electron chi connectivity index (χ0n) is 12.4. The molecule has 0 unspecified atom stereocenters. The number of carbonyl (C=O) groups excluding carboxylic acids is 1. The van der Waals surface area contributed by atoms with Crippen molar-refractivity contribution >= 4 is 11.8 Å². The summed E-state index contributed by atoms with van der Waals surface area (Å²) in [5.41, 5.74) is -1.61. The number of pyridine rings is 1. The molecule has 4 nitrogen and oxygen atoms in total. The molecular weight excluding hydrogens is 297 g/mol. The zero-order valence-corrected chi connectivity index (χ0v) is 12.4. The predicted octanol–water partition coefficient (Wildman–Crippen LogP) is 3.64. The molecule has 1 N–H and O–H groups in total. The van der Waals surface area contributed by atoms with Gasteiger partial charge in [0, 0.05) is 6.54 Å².